The number of nitrogens with one attached hydrogen (secondary N) is 1. The van der Waals surface area contributed by atoms with E-state index >= 15 is 0 Å². The Labute approximate surface area is 117 Å². The second-order valence-corrected chi connectivity index (χ2v) is 4.86. The van der Waals surface area contributed by atoms with Crippen molar-refractivity contribution in [3.05, 3.63) is 21.4 Å². The number of fused-ring (bicyclic) bond motifs is 2. The summed E-state index contributed by atoms with van der Waals surface area (Å²) in [5, 5.41) is 0.933. The van der Waals surface area contributed by atoms with Crippen LogP contribution >= 0.6 is 22.6 Å². The third-order valence-electron chi connectivity index (χ3n) is 2.71. The number of aromatic amines is 1. The molecule has 94 valence electrons. The van der Waals surface area contributed by atoms with Crippen LogP contribution in [0.4, 0.5) is 0 Å². The Morgan fingerprint density at radius 1 is 1.44 bits per heavy atom. The molecule has 1 aromatic carbocycles. The van der Waals surface area contributed by atoms with Crippen LogP contribution in [0.3, 0.4) is 0 Å². The zero-order valence-electron chi connectivity index (χ0n) is 9.58. The summed E-state index contributed by atoms with van der Waals surface area (Å²) < 4.78 is 16.5. The normalized spacial score (nSPS) is 13.0. The molecular formula is C12H10INO4. The van der Waals surface area contributed by atoms with E-state index < -0.39 is 0 Å². The highest BCUT2D eigenvalue weighted by atomic mass is 127. The van der Waals surface area contributed by atoms with Crippen molar-refractivity contribution in [3.8, 4) is 11.5 Å². The van der Waals surface area contributed by atoms with Gasteiger partial charge in [0.15, 0.2) is 11.5 Å². The molecule has 0 aliphatic carbocycles. The number of esters is 1. The number of halogens is 1. The molecule has 1 aromatic heterocycles. The molecule has 2 aromatic rings. The first-order chi connectivity index (χ1) is 8.70. The lowest BCUT2D eigenvalue weighted by Crippen LogP contribution is -2.06. The molecule has 0 saturated heterocycles. The van der Waals surface area contributed by atoms with Gasteiger partial charge in [-0.05, 0) is 35.6 Å². The molecule has 1 N–H and O–H groups in total. The van der Waals surface area contributed by atoms with E-state index in [1.165, 1.54) is 0 Å². The monoisotopic (exact) mass is 359 g/mol. The fraction of sp³-hybridized carbons (Fsp3) is 0.250. The number of hydrogen-bond acceptors (Lipinski definition) is 4. The van der Waals surface area contributed by atoms with Gasteiger partial charge in [-0.2, -0.15) is 0 Å². The Morgan fingerprint density at radius 3 is 2.89 bits per heavy atom. The molecule has 0 unspecified atom stereocenters. The maximum atomic E-state index is 11.8. The Kier molecular flexibility index (Phi) is 2.81. The molecule has 1 aliphatic heterocycles. The van der Waals surface area contributed by atoms with Gasteiger partial charge in [-0.15, -0.1) is 0 Å². The molecule has 18 heavy (non-hydrogen) atoms. The summed E-state index contributed by atoms with van der Waals surface area (Å²) in [5.74, 6) is 1.05. The number of carbonyl (C=O) groups is 1. The van der Waals surface area contributed by atoms with E-state index in [4.69, 9.17) is 14.2 Å². The van der Waals surface area contributed by atoms with Gasteiger partial charge < -0.3 is 19.2 Å². The standard InChI is InChI=1S/C12H10INO4/c1-2-16-12(15)11-10(13)6-3-8-9(18-5-17-8)4-7(6)14-11/h3-4,14H,2,5H2,1H3. The average Bonchev–Trinajstić information content (AvgIpc) is 2.92. The number of carbonyl (C=O) groups excluding carboxylic acids is 1. The molecule has 1 aliphatic rings. The first-order valence-electron chi connectivity index (χ1n) is 5.48. The summed E-state index contributed by atoms with van der Waals surface area (Å²) in [6, 6.07) is 3.71. The van der Waals surface area contributed by atoms with Crippen molar-refractivity contribution in [3.63, 3.8) is 0 Å². The van der Waals surface area contributed by atoms with Crippen molar-refractivity contribution < 1.29 is 19.0 Å². The van der Waals surface area contributed by atoms with Gasteiger partial charge in [0.2, 0.25) is 6.79 Å². The second-order valence-electron chi connectivity index (χ2n) is 3.79. The second kappa shape index (κ2) is 4.34. The number of benzene rings is 1. The lowest BCUT2D eigenvalue weighted by atomic mass is 10.2. The van der Waals surface area contributed by atoms with Crippen LogP contribution in [0.1, 0.15) is 17.4 Å². The summed E-state index contributed by atoms with van der Waals surface area (Å²) in [7, 11) is 0. The third kappa shape index (κ3) is 1.71. The van der Waals surface area contributed by atoms with Gasteiger partial charge in [0.1, 0.15) is 5.69 Å². The Balaban J connectivity index is 2.14. The highest BCUT2D eigenvalue weighted by Gasteiger charge is 2.21. The van der Waals surface area contributed by atoms with Crippen molar-refractivity contribution in [2.45, 2.75) is 6.92 Å². The van der Waals surface area contributed by atoms with Crippen LogP contribution in [0.25, 0.3) is 10.9 Å². The van der Waals surface area contributed by atoms with Gasteiger partial charge in [-0.25, -0.2) is 4.79 Å². The van der Waals surface area contributed by atoms with Crippen molar-refractivity contribution in [2.75, 3.05) is 13.4 Å². The molecule has 0 saturated carbocycles. The van der Waals surface area contributed by atoms with Crippen molar-refractivity contribution >= 4 is 39.5 Å². The Morgan fingerprint density at radius 2 is 2.17 bits per heavy atom. The van der Waals surface area contributed by atoms with E-state index in [0.29, 0.717) is 23.8 Å². The maximum absolute atomic E-state index is 11.8. The fourth-order valence-electron chi connectivity index (χ4n) is 1.90. The van der Waals surface area contributed by atoms with E-state index in [0.717, 1.165) is 14.5 Å². The molecule has 0 amide bonds. The van der Waals surface area contributed by atoms with E-state index in [2.05, 4.69) is 27.6 Å². The van der Waals surface area contributed by atoms with Crippen LogP contribution < -0.4 is 9.47 Å². The predicted molar refractivity (Wildman–Crippen MR) is 73.1 cm³/mol. The van der Waals surface area contributed by atoms with Crippen LogP contribution in [-0.2, 0) is 4.74 Å². The number of hydrogen-bond donors (Lipinski definition) is 1. The topological polar surface area (TPSA) is 60.6 Å². The molecule has 0 bridgehead atoms. The summed E-state index contributed by atoms with van der Waals surface area (Å²) >= 11 is 2.13. The third-order valence-corrected chi connectivity index (χ3v) is 3.83. The van der Waals surface area contributed by atoms with E-state index in [9.17, 15) is 4.79 Å². The zero-order valence-corrected chi connectivity index (χ0v) is 11.7. The summed E-state index contributed by atoms with van der Waals surface area (Å²) in [6.45, 7) is 2.37. The number of H-pyrrole nitrogens is 1. The largest absolute Gasteiger partial charge is 0.461 e. The molecule has 6 heteroatoms. The van der Waals surface area contributed by atoms with Gasteiger partial charge >= 0.3 is 5.97 Å². The van der Waals surface area contributed by atoms with Gasteiger partial charge in [-0.1, -0.05) is 0 Å². The minimum absolute atomic E-state index is 0.239. The predicted octanol–water partition coefficient (Wildman–Crippen LogP) is 2.68. The molecule has 0 radical (unpaired) electrons. The van der Waals surface area contributed by atoms with Gasteiger partial charge in [0, 0.05) is 11.5 Å². The van der Waals surface area contributed by atoms with Crippen LogP contribution in [-0.4, -0.2) is 24.4 Å². The molecule has 0 fully saturated rings. The SMILES string of the molecule is CCOC(=O)c1[nH]c2cc3c(cc2c1I)OCO3. The highest BCUT2D eigenvalue weighted by Crippen LogP contribution is 2.38. The highest BCUT2D eigenvalue weighted by molar-refractivity contribution is 14.1. The van der Waals surface area contributed by atoms with E-state index in [-0.39, 0.29) is 12.8 Å². The number of aromatic nitrogens is 1. The minimum Gasteiger partial charge on any atom is -0.461 e. The minimum atomic E-state index is -0.347. The van der Waals surface area contributed by atoms with E-state index in [1.807, 2.05) is 12.1 Å². The molecule has 5 nitrogen and oxygen atoms in total. The van der Waals surface area contributed by atoms with Crippen molar-refractivity contribution in [1.29, 1.82) is 0 Å². The van der Waals surface area contributed by atoms with Crippen LogP contribution in [0.15, 0.2) is 12.1 Å². The Bertz CT molecular complexity index is 635. The summed E-state index contributed by atoms with van der Waals surface area (Å²) in [4.78, 5) is 14.8. The molecule has 3 rings (SSSR count). The first-order valence-corrected chi connectivity index (χ1v) is 6.56. The van der Waals surface area contributed by atoms with Gasteiger partial charge in [0.25, 0.3) is 0 Å². The molecule has 2 heterocycles. The van der Waals surface area contributed by atoms with Crippen LogP contribution in [0.2, 0.25) is 0 Å². The number of ether oxygens (including phenoxy) is 3. The first kappa shape index (κ1) is 11.6. The molecule has 0 spiro atoms. The quantitative estimate of drug-likeness (QED) is 0.662. The lowest BCUT2D eigenvalue weighted by Gasteiger charge is -1.98. The smallest absolute Gasteiger partial charge is 0.355 e. The fourth-order valence-corrected chi connectivity index (χ4v) is 2.70. The number of rotatable bonds is 2. The van der Waals surface area contributed by atoms with Gasteiger partial charge in [0.05, 0.1) is 15.7 Å². The van der Waals surface area contributed by atoms with Crippen LogP contribution in [0, 0.1) is 3.57 Å². The van der Waals surface area contributed by atoms with Gasteiger partial charge in [-0.3, -0.25) is 0 Å². The van der Waals surface area contributed by atoms with Crippen molar-refractivity contribution in [2.24, 2.45) is 0 Å². The molecular weight excluding hydrogens is 349 g/mol. The van der Waals surface area contributed by atoms with Crippen LogP contribution in [0.5, 0.6) is 11.5 Å². The zero-order chi connectivity index (χ0) is 12.7. The average molecular weight is 359 g/mol. The lowest BCUT2D eigenvalue weighted by molar-refractivity contribution is 0.0519. The van der Waals surface area contributed by atoms with E-state index in [1.54, 1.807) is 6.92 Å². The summed E-state index contributed by atoms with van der Waals surface area (Å²) in [5.41, 5.74) is 1.31. The molecule has 0 atom stereocenters. The summed E-state index contributed by atoms with van der Waals surface area (Å²) in [6.07, 6.45) is 0. The Hall–Kier alpha value is -1.44. The van der Waals surface area contributed by atoms with Crippen molar-refractivity contribution in [1.82, 2.24) is 4.98 Å². The maximum Gasteiger partial charge on any atom is 0.355 e.